The molecule has 0 aromatic heterocycles. The molecule has 6 nitrogen and oxygen atoms in total. The van der Waals surface area contributed by atoms with Crippen LogP contribution in [0.4, 0.5) is 4.79 Å². The van der Waals surface area contributed by atoms with Crippen LogP contribution >= 0.6 is 0 Å². The highest BCUT2D eigenvalue weighted by atomic mass is 16.5. The molecule has 6 heteroatoms. The number of nitrogens with zero attached hydrogens (tertiary/aromatic N) is 1. The van der Waals surface area contributed by atoms with E-state index in [0.29, 0.717) is 5.57 Å². The summed E-state index contributed by atoms with van der Waals surface area (Å²) in [5.74, 6) is -0.336. The molecule has 0 saturated carbocycles. The van der Waals surface area contributed by atoms with Crippen molar-refractivity contribution < 1.29 is 19.4 Å². The van der Waals surface area contributed by atoms with Gasteiger partial charge in [-0.15, -0.1) is 0 Å². The summed E-state index contributed by atoms with van der Waals surface area (Å²) in [7, 11) is 0. The van der Waals surface area contributed by atoms with Crippen molar-refractivity contribution in [2.24, 2.45) is 0 Å². The highest BCUT2D eigenvalue weighted by molar-refractivity contribution is 5.97. The van der Waals surface area contributed by atoms with Gasteiger partial charge >= 0.3 is 6.03 Å². The van der Waals surface area contributed by atoms with Crippen LogP contribution in [0.5, 0.6) is 0 Å². The number of carbonyl (C=O) groups is 2. The third-order valence-electron chi connectivity index (χ3n) is 2.14. The molecule has 0 aromatic rings. The van der Waals surface area contributed by atoms with Gasteiger partial charge in [0, 0.05) is 6.20 Å². The number of ether oxygens (including phenoxy) is 1. The zero-order valence-corrected chi connectivity index (χ0v) is 7.40. The molecular weight excluding hydrogens is 188 g/mol. The van der Waals surface area contributed by atoms with Gasteiger partial charge in [0.05, 0.1) is 19.6 Å². The Bertz CT molecular complexity index is 312. The Hall–Kier alpha value is -1.40. The summed E-state index contributed by atoms with van der Waals surface area (Å²) in [6.07, 6.45) is 1.14. The Labute approximate surface area is 80.1 Å². The number of carbonyl (C=O) groups excluding carboxylic acids is 2. The van der Waals surface area contributed by atoms with Crippen molar-refractivity contribution in [1.82, 2.24) is 10.2 Å². The number of amides is 3. The predicted molar refractivity (Wildman–Crippen MR) is 44.9 cm³/mol. The van der Waals surface area contributed by atoms with E-state index >= 15 is 0 Å². The van der Waals surface area contributed by atoms with Crippen molar-refractivity contribution in [3.63, 3.8) is 0 Å². The zero-order valence-electron chi connectivity index (χ0n) is 7.40. The highest BCUT2D eigenvalue weighted by Gasteiger charge is 2.34. The second-order valence-electron chi connectivity index (χ2n) is 3.18. The van der Waals surface area contributed by atoms with Gasteiger partial charge in [-0.25, -0.2) is 4.79 Å². The average molecular weight is 198 g/mol. The van der Waals surface area contributed by atoms with E-state index in [-0.39, 0.29) is 25.5 Å². The summed E-state index contributed by atoms with van der Waals surface area (Å²) < 4.78 is 5.24. The standard InChI is InChI=1S/C8H10N2O4/c11-3-5-2-10-7(14-4-5)1-6(12)9-8(10)13/h2,7,11H,1,3-4H2,(H,9,12,13). The van der Waals surface area contributed by atoms with Gasteiger partial charge in [0.25, 0.3) is 0 Å². The average Bonchev–Trinajstić information content (AvgIpc) is 2.17. The molecule has 2 aliphatic heterocycles. The van der Waals surface area contributed by atoms with Crippen molar-refractivity contribution in [3.05, 3.63) is 11.8 Å². The first-order valence-corrected chi connectivity index (χ1v) is 4.25. The third kappa shape index (κ3) is 1.49. The molecule has 14 heavy (non-hydrogen) atoms. The summed E-state index contributed by atoms with van der Waals surface area (Å²) in [6, 6.07) is -0.503. The van der Waals surface area contributed by atoms with E-state index in [1.165, 1.54) is 11.1 Å². The van der Waals surface area contributed by atoms with Gasteiger partial charge in [-0.2, -0.15) is 0 Å². The SMILES string of the molecule is O=C1CC2OCC(CO)=CN2C(=O)N1. The second kappa shape index (κ2) is 3.39. The van der Waals surface area contributed by atoms with Crippen molar-refractivity contribution in [2.75, 3.05) is 13.2 Å². The normalized spacial score (nSPS) is 26.8. The molecular formula is C8H10N2O4. The third-order valence-corrected chi connectivity index (χ3v) is 2.14. The van der Waals surface area contributed by atoms with Gasteiger partial charge in [0.2, 0.25) is 5.91 Å². The maximum absolute atomic E-state index is 11.3. The molecule has 0 aliphatic carbocycles. The Kier molecular flexibility index (Phi) is 2.22. The molecule has 0 bridgehead atoms. The molecule has 76 valence electrons. The van der Waals surface area contributed by atoms with Gasteiger partial charge in [-0.3, -0.25) is 15.0 Å². The van der Waals surface area contributed by atoms with E-state index in [2.05, 4.69) is 5.32 Å². The number of aliphatic hydroxyl groups excluding tert-OH is 1. The van der Waals surface area contributed by atoms with Gasteiger partial charge in [0.15, 0.2) is 0 Å². The van der Waals surface area contributed by atoms with Crippen LogP contribution in [0.1, 0.15) is 6.42 Å². The largest absolute Gasteiger partial charge is 0.392 e. The number of nitrogens with one attached hydrogen (secondary N) is 1. The van der Waals surface area contributed by atoms with Crippen LogP contribution in [0, 0.1) is 0 Å². The summed E-state index contributed by atoms with van der Waals surface area (Å²) >= 11 is 0. The minimum absolute atomic E-state index is 0.140. The van der Waals surface area contributed by atoms with E-state index < -0.39 is 12.3 Å². The molecule has 2 aliphatic rings. The van der Waals surface area contributed by atoms with Crippen LogP contribution in [0.3, 0.4) is 0 Å². The van der Waals surface area contributed by atoms with Crippen molar-refractivity contribution in [1.29, 1.82) is 0 Å². The Balaban J connectivity index is 2.20. The molecule has 0 radical (unpaired) electrons. The summed E-state index contributed by atoms with van der Waals surface area (Å²) in [6.45, 7) is 0.114. The lowest BCUT2D eigenvalue weighted by atomic mass is 10.2. The summed E-state index contributed by atoms with van der Waals surface area (Å²) in [4.78, 5) is 23.5. The van der Waals surface area contributed by atoms with Crippen molar-refractivity contribution in [2.45, 2.75) is 12.6 Å². The summed E-state index contributed by atoms with van der Waals surface area (Å²) in [5.41, 5.74) is 0.616. The summed E-state index contributed by atoms with van der Waals surface area (Å²) in [5, 5.41) is 11.0. The molecule has 1 atom stereocenters. The maximum Gasteiger partial charge on any atom is 0.330 e. The molecule has 1 fully saturated rings. The zero-order chi connectivity index (χ0) is 10.1. The fraction of sp³-hybridized carbons (Fsp3) is 0.500. The van der Waals surface area contributed by atoms with Crippen molar-refractivity contribution in [3.8, 4) is 0 Å². The van der Waals surface area contributed by atoms with Crippen LogP contribution in [-0.2, 0) is 9.53 Å². The molecule has 3 amide bonds. The Morgan fingerprint density at radius 2 is 2.43 bits per heavy atom. The predicted octanol–water partition coefficient (Wildman–Crippen LogP) is -0.839. The van der Waals surface area contributed by atoms with Gasteiger partial charge in [-0.05, 0) is 5.57 Å². The Morgan fingerprint density at radius 3 is 3.14 bits per heavy atom. The van der Waals surface area contributed by atoms with E-state index in [1.807, 2.05) is 0 Å². The van der Waals surface area contributed by atoms with E-state index in [9.17, 15) is 9.59 Å². The molecule has 0 aromatic carbocycles. The number of urea groups is 1. The first-order valence-electron chi connectivity index (χ1n) is 4.25. The quantitative estimate of drug-likeness (QED) is 0.576. The molecule has 1 saturated heterocycles. The molecule has 0 spiro atoms. The number of imide groups is 1. The first kappa shape index (κ1) is 9.17. The topological polar surface area (TPSA) is 78.9 Å². The Morgan fingerprint density at radius 1 is 1.64 bits per heavy atom. The van der Waals surface area contributed by atoms with Crippen LogP contribution in [0.15, 0.2) is 11.8 Å². The number of hydrogen-bond donors (Lipinski definition) is 2. The first-order chi connectivity index (χ1) is 6.70. The van der Waals surface area contributed by atoms with Crippen LogP contribution < -0.4 is 5.32 Å². The number of aliphatic hydroxyl groups is 1. The van der Waals surface area contributed by atoms with E-state index in [1.54, 1.807) is 0 Å². The second-order valence-corrected chi connectivity index (χ2v) is 3.18. The van der Waals surface area contributed by atoms with Gasteiger partial charge < -0.3 is 9.84 Å². The van der Waals surface area contributed by atoms with E-state index in [0.717, 1.165) is 0 Å². The lowest BCUT2D eigenvalue weighted by molar-refractivity contribution is -0.129. The van der Waals surface area contributed by atoms with Crippen LogP contribution in [0.25, 0.3) is 0 Å². The van der Waals surface area contributed by atoms with Gasteiger partial charge in [0.1, 0.15) is 6.23 Å². The maximum atomic E-state index is 11.3. The smallest absolute Gasteiger partial charge is 0.330 e. The lowest BCUT2D eigenvalue weighted by Crippen LogP contribution is -2.55. The number of fused-ring (bicyclic) bond motifs is 1. The highest BCUT2D eigenvalue weighted by Crippen LogP contribution is 2.19. The van der Waals surface area contributed by atoms with Crippen LogP contribution in [-0.4, -0.2) is 41.4 Å². The monoisotopic (exact) mass is 198 g/mol. The minimum atomic E-state index is -0.522. The van der Waals surface area contributed by atoms with E-state index in [4.69, 9.17) is 9.84 Å². The van der Waals surface area contributed by atoms with Crippen molar-refractivity contribution >= 4 is 11.9 Å². The van der Waals surface area contributed by atoms with Gasteiger partial charge in [-0.1, -0.05) is 0 Å². The van der Waals surface area contributed by atoms with Crippen LogP contribution in [0.2, 0.25) is 0 Å². The fourth-order valence-electron chi connectivity index (χ4n) is 1.43. The number of rotatable bonds is 1. The lowest BCUT2D eigenvalue weighted by Gasteiger charge is -2.35. The number of hydrogen-bond acceptors (Lipinski definition) is 4. The molecule has 2 rings (SSSR count). The minimum Gasteiger partial charge on any atom is -0.392 e. The molecule has 2 N–H and O–H groups in total. The molecule has 2 heterocycles. The molecule has 1 unspecified atom stereocenters. The fourth-order valence-corrected chi connectivity index (χ4v) is 1.43.